The highest BCUT2D eigenvalue weighted by Crippen LogP contribution is 2.28. The van der Waals surface area contributed by atoms with Gasteiger partial charge in [-0.25, -0.2) is 8.42 Å². The molecule has 164 valence electrons. The van der Waals surface area contributed by atoms with E-state index in [9.17, 15) is 13.2 Å². The largest absolute Gasteiger partial charge is 0.497 e. The zero-order valence-electron chi connectivity index (χ0n) is 18.1. The van der Waals surface area contributed by atoms with Crippen LogP contribution in [0, 0.1) is 0 Å². The number of anilines is 1. The van der Waals surface area contributed by atoms with Crippen LogP contribution in [0.2, 0.25) is 0 Å². The Hall–Kier alpha value is -2.94. The van der Waals surface area contributed by atoms with E-state index in [0.29, 0.717) is 22.9 Å². The Balaban J connectivity index is 2.25. The fourth-order valence-corrected chi connectivity index (χ4v) is 4.35. The van der Waals surface area contributed by atoms with E-state index in [2.05, 4.69) is 0 Å². The van der Waals surface area contributed by atoms with E-state index in [0.717, 1.165) is 16.1 Å². The van der Waals surface area contributed by atoms with Gasteiger partial charge in [0, 0.05) is 13.6 Å². The third kappa shape index (κ3) is 5.35. The molecule has 0 radical (unpaired) electrons. The van der Waals surface area contributed by atoms with Crippen molar-refractivity contribution in [2.45, 2.75) is 19.5 Å². The summed E-state index contributed by atoms with van der Waals surface area (Å²) in [4.78, 5) is 14.5. The second-order valence-corrected chi connectivity index (χ2v) is 8.68. The van der Waals surface area contributed by atoms with Crippen LogP contribution in [0.1, 0.15) is 12.5 Å². The molecule has 0 saturated carbocycles. The molecule has 0 saturated heterocycles. The predicted octanol–water partition coefficient (Wildman–Crippen LogP) is 2.53. The zero-order chi connectivity index (χ0) is 22.5. The highest BCUT2D eigenvalue weighted by atomic mass is 32.2. The van der Waals surface area contributed by atoms with Crippen LogP contribution in [0.4, 0.5) is 5.69 Å². The van der Waals surface area contributed by atoms with Gasteiger partial charge in [0.2, 0.25) is 15.9 Å². The van der Waals surface area contributed by atoms with Crippen molar-refractivity contribution >= 4 is 21.6 Å². The summed E-state index contributed by atoms with van der Waals surface area (Å²) in [5.41, 5.74) is 1.21. The van der Waals surface area contributed by atoms with Crippen molar-refractivity contribution in [3.05, 3.63) is 48.0 Å². The molecule has 2 aromatic rings. The van der Waals surface area contributed by atoms with E-state index in [1.54, 1.807) is 57.5 Å². The SMILES string of the molecule is COc1ccc(N(C(C)C(=O)N(C)Cc2ccc(OC)c(OC)c2)S(C)(=O)=O)cc1. The summed E-state index contributed by atoms with van der Waals surface area (Å²) >= 11 is 0. The van der Waals surface area contributed by atoms with Crippen molar-refractivity contribution in [1.29, 1.82) is 0 Å². The quantitative estimate of drug-likeness (QED) is 0.601. The molecule has 0 fully saturated rings. The summed E-state index contributed by atoms with van der Waals surface area (Å²) in [6.45, 7) is 1.85. The molecule has 0 aromatic heterocycles. The lowest BCUT2D eigenvalue weighted by atomic mass is 10.1. The number of likely N-dealkylation sites (N-methyl/N-ethyl adjacent to an activating group) is 1. The summed E-state index contributed by atoms with van der Waals surface area (Å²) in [6.07, 6.45) is 1.08. The molecular weight excluding hydrogens is 408 g/mol. The summed E-state index contributed by atoms with van der Waals surface area (Å²) in [6, 6.07) is 11.0. The summed E-state index contributed by atoms with van der Waals surface area (Å²) in [7, 11) is 2.54. The van der Waals surface area contributed by atoms with Crippen molar-refractivity contribution in [3.8, 4) is 17.2 Å². The lowest BCUT2D eigenvalue weighted by molar-refractivity contribution is -0.131. The van der Waals surface area contributed by atoms with Gasteiger partial charge in [-0.2, -0.15) is 0 Å². The Morgan fingerprint density at radius 2 is 1.57 bits per heavy atom. The Morgan fingerprint density at radius 3 is 2.07 bits per heavy atom. The number of ether oxygens (including phenoxy) is 3. The summed E-state index contributed by atoms with van der Waals surface area (Å²) in [5, 5.41) is 0. The average molecular weight is 437 g/mol. The Bertz CT molecular complexity index is 975. The molecule has 8 nitrogen and oxygen atoms in total. The van der Waals surface area contributed by atoms with Crippen LogP contribution >= 0.6 is 0 Å². The van der Waals surface area contributed by atoms with Crippen LogP contribution in [0.15, 0.2) is 42.5 Å². The van der Waals surface area contributed by atoms with E-state index in [1.165, 1.54) is 19.1 Å². The molecule has 0 aliphatic heterocycles. The molecular formula is C21H28N2O6S. The standard InChI is InChI=1S/C21H28N2O6S/c1-15(23(30(6,25)26)17-8-10-18(27-3)11-9-17)21(24)22(2)14-16-7-12-19(28-4)20(13-16)29-5/h7-13,15H,14H2,1-6H3. The maximum absolute atomic E-state index is 13.0. The van der Waals surface area contributed by atoms with E-state index < -0.39 is 16.1 Å². The lowest BCUT2D eigenvalue weighted by Gasteiger charge is -2.31. The van der Waals surface area contributed by atoms with E-state index in [4.69, 9.17) is 14.2 Å². The van der Waals surface area contributed by atoms with Gasteiger partial charge in [0.25, 0.3) is 0 Å². The van der Waals surface area contributed by atoms with Crippen molar-refractivity contribution < 1.29 is 27.4 Å². The van der Waals surface area contributed by atoms with Crippen LogP contribution in [0.5, 0.6) is 17.2 Å². The maximum atomic E-state index is 13.0. The van der Waals surface area contributed by atoms with Crippen LogP contribution < -0.4 is 18.5 Å². The number of nitrogens with zero attached hydrogens (tertiary/aromatic N) is 2. The predicted molar refractivity (Wildman–Crippen MR) is 116 cm³/mol. The normalized spacial score (nSPS) is 12.1. The number of methoxy groups -OCH3 is 3. The monoisotopic (exact) mass is 436 g/mol. The minimum atomic E-state index is -3.70. The van der Waals surface area contributed by atoms with Gasteiger partial charge in [0.05, 0.1) is 33.3 Å². The average Bonchev–Trinajstić information content (AvgIpc) is 2.72. The molecule has 0 aliphatic rings. The van der Waals surface area contributed by atoms with Gasteiger partial charge in [0.1, 0.15) is 11.8 Å². The smallest absolute Gasteiger partial charge is 0.246 e. The molecule has 1 atom stereocenters. The first-order valence-corrected chi connectivity index (χ1v) is 11.1. The van der Waals surface area contributed by atoms with Gasteiger partial charge in [-0.05, 0) is 48.9 Å². The van der Waals surface area contributed by atoms with Crippen molar-refractivity contribution in [2.75, 3.05) is 38.9 Å². The molecule has 2 aromatic carbocycles. The number of benzene rings is 2. The van der Waals surface area contributed by atoms with Gasteiger partial charge in [-0.15, -0.1) is 0 Å². The number of carbonyl (C=O) groups excluding carboxylic acids is 1. The van der Waals surface area contributed by atoms with E-state index in [1.807, 2.05) is 6.07 Å². The second-order valence-electron chi connectivity index (χ2n) is 6.82. The number of amides is 1. The topological polar surface area (TPSA) is 85.4 Å². The molecule has 0 spiro atoms. The number of carbonyl (C=O) groups is 1. The minimum absolute atomic E-state index is 0.281. The van der Waals surface area contributed by atoms with Crippen LogP contribution in [0.25, 0.3) is 0 Å². The fourth-order valence-electron chi connectivity index (χ4n) is 3.18. The molecule has 0 heterocycles. The third-order valence-electron chi connectivity index (χ3n) is 4.64. The Morgan fingerprint density at radius 1 is 0.967 bits per heavy atom. The number of hydrogen-bond donors (Lipinski definition) is 0. The van der Waals surface area contributed by atoms with E-state index in [-0.39, 0.29) is 12.5 Å². The third-order valence-corrected chi connectivity index (χ3v) is 5.88. The molecule has 9 heteroatoms. The van der Waals surface area contributed by atoms with Gasteiger partial charge in [0.15, 0.2) is 11.5 Å². The molecule has 1 unspecified atom stereocenters. The molecule has 0 bridgehead atoms. The first kappa shape index (κ1) is 23.3. The number of rotatable bonds is 9. The highest BCUT2D eigenvalue weighted by molar-refractivity contribution is 7.92. The van der Waals surface area contributed by atoms with Crippen molar-refractivity contribution in [1.82, 2.24) is 4.90 Å². The van der Waals surface area contributed by atoms with Crippen LogP contribution in [-0.2, 0) is 21.4 Å². The maximum Gasteiger partial charge on any atom is 0.246 e. The zero-order valence-corrected chi connectivity index (χ0v) is 18.9. The first-order chi connectivity index (χ1) is 14.1. The molecule has 1 amide bonds. The number of hydrogen-bond acceptors (Lipinski definition) is 6. The number of sulfonamides is 1. The fraction of sp³-hybridized carbons (Fsp3) is 0.381. The van der Waals surface area contributed by atoms with Crippen LogP contribution in [-0.4, -0.2) is 59.9 Å². The highest BCUT2D eigenvalue weighted by Gasteiger charge is 2.31. The first-order valence-electron chi connectivity index (χ1n) is 9.21. The van der Waals surface area contributed by atoms with Gasteiger partial charge < -0.3 is 19.1 Å². The summed E-state index contributed by atoms with van der Waals surface area (Å²) < 4.78 is 41.7. The molecule has 0 N–H and O–H groups in total. The molecule has 2 rings (SSSR count). The van der Waals surface area contributed by atoms with Crippen molar-refractivity contribution in [2.24, 2.45) is 0 Å². The van der Waals surface area contributed by atoms with Gasteiger partial charge in [-0.3, -0.25) is 9.10 Å². The summed E-state index contributed by atoms with van der Waals surface area (Å²) in [5.74, 6) is 1.40. The van der Waals surface area contributed by atoms with Gasteiger partial charge >= 0.3 is 0 Å². The van der Waals surface area contributed by atoms with E-state index >= 15 is 0 Å². The molecule has 0 aliphatic carbocycles. The van der Waals surface area contributed by atoms with Crippen LogP contribution in [0.3, 0.4) is 0 Å². The molecule has 30 heavy (non-hydrogen) atoms. The lowest BCUT2D eigenvalue weighted by Crippen LogP contribution is -2.48. The van der Waals surface area contributed by atoms with Crippen molar-refractivity contribution in [3.63, 3.8) is 0 Å². The Kier molecular flexibility index (Phi) is 7.55. The second kappa shape index (κ2) is 9.71. The van der Waals surface area contributed by atoms with Gasteiger partial charge in [-0.1, -0.05) is 6.07 Å². The Labute approximate surface area is 178 Å². The minimum Gasteiger partial charge on any atom is -0.497 e.